The minimum absolute atomic E-state index is 0.241. The van der Waals surface area contributed by atoms with E-state index in [1.54, 1.807) is 0 Å². The first-order valence-electron chi connectivity index (χ1n) is 33.5. The van der Waals surface area contributed by atoms with E-state index in [0.29, 0.717) is 19.3 Å². The van der Waals surface area contributed by atoms with Gasteiger partial charge in [0.2, 0.25) is 5.91 Å². The lowest BCUT2D eigenvalue weighted by molar-refractivity contribution is -0.303. The summed E-state index contributed by atoms with van der Waals surface area (Å²) in [7, 11) is 0. The first kappa shape index (κ1) is 75.1. The number of hydrogen-bond donors (Lipinski definition) is 8. The lowest BCUT2D eigenvalue weighted by Gasteiger charge is -2.40. The maximum Gasteiger partial charge on any atom is 0.249 e. The average molecular weight is 1120 g/mol. The molecule has 0 aromatic rings. The van der Waals surface area contributed by atoms with Gasteiger partial charge >= 0.3 is 0 Å². The number of aliphatic hydroxyl groups excluding tert-OH is 7. The van der Waals surface area contributed by atoms with Crippen molar-refractivity contribution in [2.24, 2.45) is 0 Å². The van der Waals surface area contributed by atoms with Crippen LogP contribution in [-0.4, -0.2) is 110 Å². The minimum atomic E-state index is -1.68. The number of allylic oxidation sites excluding steroid dienone is 8. The van der Waals surface area contributed by atoms with Gasteiger partial charge in [0, 0.05) is 0 Å². The minimum Gasteiger partial charge on any atom is -0.394 e. The van der Waals surface area contributed by atoms with Crippen LogP contribution in [0.4, 0.5) is 0 Å². The number of nitrogens with one attached hydrogen (secondary N) is 1. The highest BCUT2D eigenvalue weighted by atomic mass is 16.7. The number of aliphatic hydroxyl groups is 7. The molecule has 1 fully saturated rings. The van der Waals surface area contributed by atoms with E-state index in [4.69, 9.17) is 9.47 Å². The lowest BCUT2D eigenvalue weighted by atomic mass is 9.98. The molecular weight excluding hydrogens is 991 g/mol. The third-order valence-corrected chi connectivity index (χ3v) is 16.1. The Kier molecular flexibility index (Phi) is 53.7. The van der Waals surface area contributed by atoms with Crippen LogP contribution in [0.1, 0.15) is 309 Å². The monoisotopic (exact) mass is 1120 g/mol. The molecule has 1 saturated heterocycles. The van der Waals surface area contributed by atoms with Crippen LogP contribution in [0, 0.1) is 0 Å². The summed E-state index contributed by atoms with van der Waals surface area (Å²) in [5.74, 6) is -0.711. The zero-order chi connectivity index (χ0) is 57.5. The second kappa shape index (κ2) is 56.5. The predicted molar refractivity (Wildman–Crippen MR) is 330 cm³/mol. The molecule has 0 saturated carbocycles. The molecule has 464 valence electrons. The van der Waals surface area contributed by atoms with Gasteiger partial charge < -0.3 is 50.5 Å². The van der Waals surface area contributed by atoms with Gasteiger partial charge in [-0.2, -0.15) is 0 Å². The molecule has 0 aliphatic carbocycles. The molecule has 1 aliphatic rings. The molecule has 8 N–H and O–H groups in total. The number of amides is 1. The molecule has 1 rings (SSSR count). The van der Waals surface area contributed by atoms with Crippen molar-refractivity contribution in [3.05, 3.63) is 48.6 Å². The second-order valence-corrected chi connectivity index (χ2v) is 23.5. The third kappa shape index (κ3) is 44.3. The SMILES string of the molecule is CCCCCCCCCCCCCC/C=C\CCCCCCCCCCCCC(O)C(=O)NC(COC1OC(CO)C(O)C(O)C1O)C(O)C(O)CCC/C=C/CC/C=C/CC/C=C/CCCCCCCCCCCCCCC. The molecule has 79 heavy (non-hydrogen) atoms. The quantitative estimate of drug-likeness (QED) is 0.0215. The molecule has 1 heterocycles. The zero-order valence-corrected chi connectivity index (χ0v) is 51.1. The molecule has 9 atom stereocenters. The van der Waals surface area contributed by atoms with Gasteiger partial charge in [0.15, 0.2) is 6.29 Å². The van der Waals surface area contributed by atoms with Crippen molar-refractivity contribution >= 4 is 5.91 Å². The van der Waals surface area contributed by atoms with E-state index in [-0.39, 0.29) is 12.8 Å². The fraction of sp³-hybridized carbons (Fsp3) is 0.868. The standard InChI is InChI=1S/C68H127NO10/c1-3-5-7-9-11-13-15-17-19-21-23-25-27-29-31-33-35-37-39-41-43-45-47-49-51-53-55-60(71)63(73)59(58-78-68-66(76)65(75)64(74)62(57-70)79-68)69-67(77)61(72)56-54-52-50-48-46-44-42-40-38-36-34-32-30-28-26-24-22-20-18-16-14-12-10-8-6-4-2/h30-33,39,41,47,49,59-66,68,70-76H,3-29,34-38,40,42-46,48,50-58H2,1-2H3,(H,69,77)/b32-30-,33-31+,41-39+,49-47+. The second-order valence-electron chi connectivity index (χ2n) is 23.5. The van der Waals surface area contributed by atoms with Crippen LogP contribution in [0.5, 0.6) is 0 Å². The topological polar surface area (TPSA) is 189 Å². The van der Waals surface area contributed by atoms with E-state index in [9.17, 15) is 40.5 Å². The van der Waals surface area contributed by atoms with Crippen molar-refractivity contribution in [3.8, 4) is 0 Å². The normalized spacial score (nSPS) is 19.6. The molecule has 0 aromatic carbocycles. The Labute approximate surface area is 485 Å². The molecule has 1 aliphatic heterocycles. The highest BCUT2D eigenvalue weighted by molar-refractivity contribution is 5.80. The molecule has 11 heteroatoms. The van der Waals surface area contributed by atoms with Crippen LogP contribution in [0.3, 0.4) is 0 Å². The maximum atomic E-state index is 13.2. The van der Waals surface area contributed by atoms with E-state index in [2.05, 4.69) is 67.8 Å². The average Bonchev–Trinajstić information content (AvgIpc) is 3.46. The molecule has 9 unspecified atom stereocenters. The summed E-state index contributed by atoms with van der Waals surface area (Å²) in [6, 6.07) is -1.20. The molecule has 0 spiro atoms. The maximum absolute atomic E-state index is 13.2. The molecular formula is C68H127NO10. The molecule has 0 bridgehead atoms. The smallest absolute Gasteiger partial charge is 0.249 e. The fourth-order valence-corrected chi connectivity index (χ4v) is 10.6. The van der Waals surface area contributed by atoms with Gasteiger partial charge in [0.1, 0.15) is 36.6 Å². The van der Waals surface area contributed by atoms with Gasteiger partial charge in [-0.15, -0.1) is 0 Å². The van der Waals surface area contributed by atoms with Crippen LogP contribution >= 0.6 is 0 Å². The molecule has 11 nitrogen and oxygen atoms in total. The summed E-state index contributed by atoms with van der Waals surface area (Å²) in [5.41, 5.74) is 0. The van der Waals surface area contributed by atoms with Gasteiger partial charge in [-0.1, -0.05) is 268 Å². The van der Waals surface area contributed by atoms with Crippen LogP contribution in [0.2, 0.25) is 0 Å². The Hall–Kier alpha value is -1.93. The van der Waals surface area contributed by atoms with Crippen molar-refractivity contribution in [2.75, 3.05) is 13.2 Å². The molecule has 0 aromatic heterocycles. The summed E-state index contributed by atoms with van der Waals surface area (Å²) in [6.07, 6.45) is 61.8. The van der Waals surface area contributed by atoms with E-state index >= 15 is 0 Å². The van der Waals surface area contributed by atoms with E-state index in [1.807, 2.05) is 0 Å². The fourth-order valence-electron chi connectivity index (χ4n) is 10.6. The number of carbonyl (C=O) groups is 1. The highest BCUT2D eigenvalue weighted by Crippen LogP contribution is 2.24. The van der Waals surface area contributed by atoms with Gasteiger partial charge in [0.05, 0.1) is 25.4 Å². The Balaban J connectivity index is 2.28. The zero-order valence-electron chi connectivity index (χ0n) is 51.1. The Morgan fingerprint density at radius 1 is 0.430 bits per heavy atom. The van der Waals surface area contributed by atoms with Crippen LogP contribution in [0.15, 0.2) is 48.6 Å². The summed E-state index contributed by atoms with van der Waals surface area (Å²) < 4.78 is 11.2. The first-order valence-corrected chi connectivity index (χ1v) is 33.5. The first-order chi connectivity index (χ1) is 38.7. The van der Waals surface area contributed by atoms with Gasteiger partial charge in [0.25, 0.3) is 0 Å². The van der Waals surface area contributed by atoms with Crippen molar-refractivity contribution < 1.29 is 50.0 Å². The Morgan fingerprint density at radius 2 is 0.759 bits per heavy atom. The predicted octanol–water partition coefficient (Wildman–Crippen LogP) is 15.6. The van der Waals surface area contributed by atoms with Crippen molar-refractivity contribution in [1.29, 1.82) is 0 Å². The van der Waals surface area contributed by atoms with E-state index < -0.39 is 74.2 Å². The van der Waals surface area contributed by atoms with Crippen LogP contribution in [0.25, 0.3) is 0 Å². The van der Waals surface area contributed by atoms with Crippen molar-refractivity contribution in [2.45, 2.75) is 364 Å². The highest BCUT2D eigenvalue weighted by Gasteiger charge is 2.44. The summed E-state index contributed by atoms with van der Waals surface area (Å²) in [6.45, 7) is 3.48. The van der Waals surface area contributed by atoms with Gasteiger partial charge in [-0.05, 0) is 89.9 Å². The Morgan fingerprint density at radius 3 is 1.13 bits per heavy atom. The lowest BCUT2D eigenvalue weighted by Crippen LogP contribution is -2.60. The third-order valence-electron chi connectivity index (χ3n) is 16.1. The number of carbonyl (C=O) groups excluding carboxylic acids is 1. The van der Waals surface area contributed by atoms with Crippen molar-refractivity contribution in [1.82, 2.24) is 5.32 Å². The number of hydrogen-bond acceptors (Lipinski definition) is 10. The van der Waals surface area contributed by atoms with E-state index in [1.165, 1.54) is 218 Å². The largest absolute Gasteiger partial charge is 0.394 e. The molecule has 1 amide bonds. The van der Waals surface area contributed by atoms with Gasteiger partial charge in [-0.25, -0.2) is 0 Å². The Bertz CT molecular complexity index is 1420. The van der Waals surface area contributed by atoms with Crippen LogP contribution in [-0.2, 0) is 14.3 Å². The molecule has 0 radical (unpaired) electrons. The number of rotatable bonds is 58. The summed E-state index contributed by atoms with van der Waals surface area (Å²) in [5, 5.41) is 76.4. The summed E-state index contributed by atoms with van der Waals surface area (Å²) in [4.78, 5) is 13.2. The van der Waals surface area contributed by atoms with E-state index in [0.717, 1.165) is 44.9 Å². The summed E-state index contributed by atoms with van der Waals surface area (Å²) >= 11 is 0. The van der Waals surface area contributed by atoms with Crippen LogP contribution < -0.4 is 5.32 Å². The number of ether oxygens (including phenoxy) is 2. The van der Waals surface area contributed by atoms with Gasteiger partial charge in [-0.3, -0.25) is 4.79 Å². The van der Waals surface area contributed by atoms with Crippen molar-refractivity contribution in [3.63, 3.8) is 0 Å². The number of unbranched alkanes of at least 4 members (excludes halogenated alkanes) is 38.